The molecule has 0 aromatic heterocycles. The first-order chi connectivity index (χ1) is 12.5. The molecule has 7 heteroatoms. The number of hydrogen-bond acceptors (Lipinski definition) is 5. The minimum Gasteiger partial charge on any atom is -0.494 e. The van der Waals surface area contributed by atoms with Crippen LogP contribution in [0.15, 0.2) is 24.3 Å². The Bertz CT molecular complexity index is 580. The first-order valence-electron chi connectivity index (χ1n) is 8.99. The highest BCUT2D eigenvalue weighted by atomic mass is 16.5. The van der Waals surface area contributed by atoms with Gasteiger partial charge in [0.2, 0.25) is 5.91 Å². The number of aliphatic carboxylic acids is 1. The van der Waals surface area contributed by atoms with Crippen LogP contribution < -0.4 is 14.8 Å². The molecule has 1 saturated heterocycles. The summed E-state index contributed by atoms with van der Waals surface area (Å²) in [7, 11) is 0. The van der Waals surface area contributed by atoms with Crippen molar-refractivity contribution >= 4 is 11.9 Å². The van der Waals surface area contributed by atoms with Crippen LogP contribution in [0.3, 0.4) is 0 Å². The van der Waals surface area contributed by atoms with Crippen LogP contribution >= 0.6 is 0 Å². The van der Waals surface area contributed by atoms with Crippen LogP contribution in [0.2, 0.25) is 0 Å². The molecule has 2 rings (SSSR count). The lowest BCUT2D eigenvalue weighted by Crippen LogP contribution is -2.53. The minimum atomic E-state index is -0.911. The van der Waals surface area contributed by atoms with Crippen molar-refractivity contribution in [1.82, 2.24) is 5.32 Å². The van der Waals surface area contributed by atoms with Crippen LogP contribution in [-0.4, -0.2) is 48.9 Å². The third-order valence-electron chi connectivity index (χ3n) is 4.30. The molecular formula is C19H27NO6. The van der Waals surface area contributed by atoms with Crippen molar-refractivity contribution in [3.8, 4) is 11.5 Å². The van der Waals surface area contributed by atoms with Crippen LogP contribution in [0.5, 0.6) is 11.5 Å². The number of ether oxygens (including phenoxy) is 3. The van der Waals surface area contributed by atoms with Crippen molar-refractivity contribution in [2.24, 2.45) is 0 Å². The molecule has 1 aromatic rings. The Morgan fingerprint density at radius 1 is 1.15 bits per heavy atom. The molecule has 144 valence electrons. The smallest absolute Gasteiger partial charge is 0.305 e. The SMILES string of the molecule is CCOc1ccc(OCCCC(=O)NC2(CC(=O)O)CCOCC2)cc1. The van der Waals surface area contributed by atoms with Crippen LogP contribution in [0.4, 0.5) is 0 Å². The minimum absolute atomic E-state index is 0.0786. The van der Waals surface area contributed by atoms with E-state index in [1.165, 1.54) is 0 Å². The Hall–Kier alpha value is -2.28. The average molecular weight is 365 g/mol. The monoisotopic (exact) mass is 365 g/mol. The maximum absolute atomic E-state index is 12.2. The second-order valence-corrected chi connectivity index (χ2v) is 6.37. The Morgan fingerprint density at radius 2 is 1.77 bits per heavy atom. The van der Waals surface area contributed by atoms with E-state index in [4.69, 9.17) is 19.3 Å². The van der Waals surface area contributed by atoms with Crippen LogP contribution in [0.1, 0.15) is 39.0 Å². The van der Waals surface area contributed by atoms with Crippen LogP contribution in [0.25, 0.3) is 0 Å². The molecule has 7 nitrogen and oxygen atoms in total. The number of benzene rings is 1. The van der Waals surface area contributed by atoms with Gasteiger partial charge in [0.15, 0.2) is 0 Å². The zero-order chi connectivity index (χ0) is 18.8. The van der Waals surface area contributed by atoms with E-state index in [2.05, 4.69) is 5.32 Å². The van der Waals surface area contributed by atoms with Gasteiger partial charge < -0.3 is 24.6 Å². The van der Waals surface area contributed by atoms with E-state index >= 15 is 0 Å². The third kappa shape index (κ3) is 6.55. The molecule has 1 aliphatic rings. The number of rotatable bonds is 10. The number of carboxylic acid groups (broad SMARTS) is 1. The van der Waals surface area contributed by atoms with Crippen molar-refractivity contribution < 1.29 is 28.9 Å². The predicted molar refractivity (Wildman–Crippen MR) is 95.5 cm³/mol. The van der Waals surface area contributed by atoms with E-state index < -0.39 is 11.5 Å². The fourth-order valence-corrected chi connectivity index (χ4v) is 2.98. The lowest BCUT2D eigenvalue weighted by Gasteiger charge is -2.36. The summed E-state index contributed by atoms with van der Waals surface area (Å²) in [6, 6.07) is 7.34. The standard InChI is InChI=1S/C19H27NO6/c1-2-25-15-5-7-16(8-6-15)26-11-3-4-17(21)20-19(14-18(22)23)9-12-24-13-10-19/h5-8H,2-4,9-14H2,1H3,(H,20,21)(H,22,23). The highest BCUT2D eigenvalue weighted by Crippen LogP contribution is 2.25. The number of amides is 1. The van der Waals surface area contributed by atoms with Crippen molar-refractivity contribution in [3.05, 3.63) is 24.3 Å². The maximum Gasteiger partial charge on any atom is 0.305 e. The highest BCUT2D eigenvalue weighted by molar-refractivity contribution is 5.78. The first-order valence-corrected chi connectivity index (χ1v) is 8.99. The van der Waals surface area contributed by atoms with E-state index in [-0.39, 0.29) is 12.3 Å². The topological polar surface area (TPSA) is 94.1 Å². The third-order valence-corrected chi connectivity index (χ3v) is 4.30. The molecular weight excluding hydrogens is 338 g/mol. The molecule has 2 N–H and O–H groups in total. The first kappa shape index (κ1) is 20.0. The zero-order valence-corrected chi connectivity index (χ0v) is 15.2. The van der Waals surface area contributed by atoms with Gasteiger partial charge in [0, 0.05) is 19.6 Å². The summed E-state index contributed by atoms with van der Waals surface area (Å²) in [5.41, 5.74) is -0.697. The van der Waals surface area contributed by atoms with Gasteiger partial charge in [0.05, 0.1) is 25.2 Å². The van der Waals surface area contributed by atoms with Gasteiger partial charge in [-0.15, -0.1) is 0 Å². The van der Waals surface area contributed by atoms with E-state index in [0.29, 0.717) is 52.1 Å². The molecule has 0 spiro atoms. The van der Waals surface area contributed by atoms with Crippen molar-refractivity contribution in [3.63, 3.8) is 0 Å². The summed E-state index contributed by atoms with van der Waals surface area (Å²) in [5, 5.41) is 12.0. The van der Waals surface area contributed by atoms with Gasteiger partial charge in [-0.3, -0.25) is 9.59 Å². The number of hydrogen-bond donors (Lipinski definition) is 2. The van der Waals surface area contributed by atoms with Gasteiger partial charge in [-0.2, -0.15) is 0 Å². The molecule has 0 saturated carbocycles. The van der Waals surface area contributed by atoms with Gasteiger partial charge in [-0.25, -0.2) is 0 Å². The molecule has 1 aromatic carbocycles. The quantitative estimate of drug-likeness (QED) is 0.618. The molecule has 1 amide bonds. The molecule has 0 radical (unpaired) electrons. The lowest BCUT2D eigenvalue weighted by molar-refractivity contribution is -0.140. The Labute approximate surface area is 153 Å². The van der Waals surface area contributed by atoms with E-state index in [0.717, 1.165) is 11.5 Å². The van der Waals surface area contributed by atoms with Gasteiger partial charge >= 0.3 is 5.97 Å². The van der Waals surface area contributed by atoms with Gasteiger partial charge in [-0.1, -0.05) is 0 Å². The molecule has 1 aliphatic heterocycles. The van der Waals surface area contributed by atoms with Crippen molar-refractivity contribution in [2.45, 2.75) is 44.6 Å². The molecule has 1 fully saturated rings. The summed E-state index contributed by atoms with van der Waals surface area (Å²) in [6.45, 7) is 3.89. The Kier molecular flexibility index (Phi) is 7.72. The van der Waals surface area contributed by atoms with Crippen LogP contribution in [-0.2, 0) is 14.3 Å². The summed E-state index contributed by atoms with van der Waals surface area (Å²) >= 11 is 0. The molecule has 26 heavy (non-hydrogen) atoms. The zero-order valence-electron chi connectivity index (χ0n) is 15.2. The Balaban J connectivity index is 1.72. The average Bonchev–Trinajstić information content (AvgIpc) is 2.60. The maximum atomic E-state index is 12.2. The number of carbonyl (C=O) groups excluding carboxylic acids is 1. The highest BCUT2D eigenvalue weighted by Gasteiger charge is 2.36. The summed E-state index contributed by atoms with van der Waals surface area (Å²) in [6.07, 6.45) is 1.81. The van der Waals surface area contributed by atoms with Crippen molar-refractivity contribution in [1.29, 1.82) is 0 Å². The van der Waals surface area contributed by atoms with Crippen LogP contribution in [0, 0.1) is 0 Å². The normalized spacial score (nSPS) is 15.9. The van der Waals surface area contributed by atoms with E-state index in [1.807, 2.05) is 31.2 Å². The lowest BCUT2D eigenvalue weighted by atomic mass is 9.86. The van der Waals surface area contributed by atoms with Gasteiger partial charge in [0.1, 0.15) is 11.5 Å². The van der Waals surface area contributed by atoms with Gasteiger partial charge in [0.25, 0.3) is 0 Å². The molecule has 0 unspecified atom stereocenters. The summed E-state index contributed by atoms with van der Waals surface area (Å²) in [5.74, 6) is 0.453. The van der Waals surface area contributed by atoms with Gasteiger partial charge in [-0.05, 0) is 50.5 Å². The predicted octanol–water partition coefficient (Wildman–Crippen LogP) is 2.38. The second-order valence-electron chi connectivity index (χ2n) is 6.37. The number of carboxylic acids is 1. The number of carbonyl (C=O) groups is 2. The summed E-state index contributed by atoms with van der Waals surface area (Å²) in [4.78, 5) is 23.3. The van der Waals surface area contributed by atoms with E-state index in [9.17, 15) is 9.59 Å². The van der Waals surface area contributed by atoms with Crippen molar-refractivity contribution in [2.75, 3.05) is 26.4 Å². The summed E-state index contributed by atoms with van der Waals surface area (Å²) < 4.78 is 16.3. The molecule has 0 bridgehead atoms. The second kappa shape index (κ2) is 10.0. The molecule has 1 heterocycles. The largest absolute Gasteiger partial charge is 0.494 e. The fourth-order valence-electron chi connectivity index (χ4n) is 2.98. The fraction of sp³-hybridized carbons (Fsp3) is 0.579. The molecule has 0 aliphatic carbocycles. The number of nitrogens with one attached hydrogen (secondary N) is 1. The van der Waals surface area contributed by atoms with E-state index in [1.54, 1.807) is 0 Å². The molecule has 0 atom stereocenters. The Morgan fingerprint density at radius 3 is 2.35 bits per heavy atom.